The number of hydrogen-bond donors (Lipinski definition) is 1. The number of carbonyl (C=O) groups is 2. The van der Waals surface area contributed by atoms with Crippen molar-refractivity contribution in [2.75, 3.05) is 38.2 Å². The third-order valence-electron chi connectivity index (χ3n) is 5.70. The molecule has 1 saturated heterocycles. The summed E-state index contributed by atoms with van der Waals surface area (Å²) in [5, 5.41) is 0. The number of methoxy groups -OCH3 is 1. The van der Waals surface area contributed by atoms with E-state index in [9.17, 15) is 9.59 Å². The Balaban J connectivity index is 1.68. The van der Waals surface area contributed by atoms with Crippen molar-refractivity contribution >= 4 is 17.3 Å². The van der Waals surface area contributed by atoms with Crippen molar-refractivity contribution in [3.63, 3.8) is 0 Å². The Morgan fingerprint density at radius 2 is 1.82 bits per heavy atom. The summed E-state index contributed by atoms with van der Waals surface area (Å²) in [5.41, 5.74) is 3.86. The molecule has 0 amide bonds. The zero-order chi connectivity index (χ0) is 20.4. The van der Waals surface area contributed by atoms with Gasteiger partial charge in [-0.1, -0.05) is 6.07 Å². The molecule has 0 bridgehead atoms. The number of aryl methyl sites for hydroxylation is 1. The Hall–Kier alpha value is -2.60. The van der Waals surface area contributed by atoms with E-state index in [0.717, 1.165) is 48.9 Å². The maximum absolute atomic E-state index is 13.1. The summed E-state index contributed by atoms with van der Waals surface area (Å²) in [4.78, 5) is 32.6. The second-order valence-corrected chi connectivity index (χ2v) is 7.45. The third-order valence-corrected chi connectivity index (χ3v) is 5.70. The zero-order valence-corrected chi connectivity index (χ0v) is 17.3. The molecule has 6 nitrogen and oxygen atoms in total. The number of ether oxygens (including phenoxy) is 1. The first-order valence-corrected chi connectivity index (χ1v) is 9.70. The average molecular weight is 383 g/mol. The summed E-state index contributed by atoms with van der Waals surface area (Å²) in [6.45, 7) is 10.5. The van der Waals surface area contributed by atoms with E-state index in [0.29, 0.717) is 11.3 Å². The molecule has 1 aliphatic rings. The summed E-state index contributed by atoms with van der Waals surface area (Å²) in [6.07, 6.45) is 0. The highest BCUT2D eigenvalue weighted by molar-refractivity contribution is 6.05. The van der Waals surface area contributed by atoms with Gasteiger partial charge in [-0.05, 0) is 45.4 Å². The van der Waals surface area contributed by atoms with Crippen molar-refractivity contribution in [3.8, 4) is 5.75 Å². The van der Waals surface area contributed by atoms with Gasteiger partial charge in [0.1, 0.15) is 5.75 Å². The maximum Gasteiger partial charge on any atom is 0.196 e. The summed E-state index contributed by atoms with van der Waals surface area (Å²) in [6, 6.07) is 7.83. The number of Topliss-reactive ketones (excluding diaryl/α,β-unsaturated/α-hetero) is 2. The molecule has 1 fully saturated rings. The monoisotopic (exact) mass is 383 g/mol. The van der Waals surface area contributed by atoms with Gasteiger partial charge in [0.2, 0.25) is 0 Å². The number of aromatic amines is 1. The molecule has 0 aliphatic carbocycles. The van der Waals surface area contributed by atoms with E-state index < -0.39 is 0 Å². The van der Waals surface area contributed by atoms with Crippen LogP contribution in [0.25, 0.3) is 0 Å². The molecule has 28 heavy (non-hydrogen) atoms. The normalized spacial score (nSPS) is 16.1. The predicted octanol–water partition coefficient (Wildman–Crippen LogP) is 3.24. The molecule has 0 radical (unpaired) electrons. The number of anilines is 1. The molecule has 0 unspecified atom stereocenters. The number of ketones is 2. The summed E-state index contributed by atoms with van der Waals surface area (Å²) >= 11 is 0. The first kappa shape index (κ1) is 20.1. The molecule has 2 heterocycles. The lowest BCUT2D eigenvalue weighted by molar-refractivity contribution is 0.0824. The van der Waals surface area contributed by atoms with Gasteiger partial charge in [-0.3, -0.25) is 14.5 Å². The average Bonchev–Trinajstić information content (AvgIpc) is 3.01. The molecule has 2 aromatic rings. The van der Waals surface area contributed by atoms with Gasteiger partial charge >= 0.3 is 0 Å². The van der Waals surface area contributed by atoms with Crippen LogP contribution in [0.5, 0.6) is 5.75 Å². The van der Waals surface area contributed by atoms with E-state index in [1.54, 1.807) is 14.0 Å². The maximum atomic E-state index is 13.1. The van der Waals surface area contributed by atoms with Gasteiger partial charge in [0.05, 0.1) is 18.8 Å². The molecule has 0 spiro atoms. The number of rotatable bonds is 6. The summed E-state index contributed by atoms with van der Waals surface area (Å²) < 4.78 is 5.32. The summed E-state index contributed by atoms with van der Waals surface area (Å²) in [5.74, 6) is 0.884. The van der Waals surface area contributed by atoms with Crippen LogP contribution in [0.1, 0.15) is 46.0 Å². The van der Waals surface area contributed by atoms with Gasteiger partial charge in [0.25, 0.3) is 0 Å². The van der Waals surface area contributed by atoms with Crippen molar-refractivity contribution in [3.05, 3.63) is 46.8 Å². The fourth-order valence-electron chi connectivity index (χ4n) is 4.07. The molecular formula is C22H29N3O3. The Morgan fingerprint density at radius 1 is 1.14 bits per heavy atom. The highest BCUT2D eigenvalue weighted by Gasteiger charge is 2.29. The Bertz CT molecular complexity index is 879. The number of carbonyl (C=O) groups excluding carboxylic acids is 2. The SMILES string of the molecule is COc1cccc(N2CCN([C@@H](C)C(=O)c3[nH]c(C)c(C(C)=O)c3C)CC2)c1. The van der Waals surface area contributed by atoms with Crippen LogP contribution in [0.2, 0.25) is 0 Å². The zero-order valence-electron chi connectivity index (χ0n) is 17.3. The molecule has 1 aliphatic heterocycles. The van der Waals surface area contributed by atoms with Crippen LogP contribution < -0.4 is 9.64 Å². The molecule has 1 aromatic heterocycles. The van der Waals surface area contributed by atoms with Crippen molar-refractivity contribution in [1.82, 2.24) is 9.88 Å². The fourth-order valence-corrected chi connectivity index (χ4v) is 4.07. The van der Waals surface area contributed by atoms with E-state index in [1.165, 1.54) is 0 Å². The number of nitrogens with one attached hydrogen (secondary N) is 1. The quantitative estimate of drug-likeness (QED) is 0.776. The molecule has 6 heteroatoms. The lowest BCUT2D eigenvalue weighted by atomic mass is 10.0. The van der Waals surface area contributed by atoms with Crippen LogP contribution in [0.4, 0.5) is 5.69 Å². The van der Waals surface area contributed by atoms with E-state index >= 15 is 0 Å². The second kappa shape index (κ2) is 8.19. The molecule has 1 atom stereocenters. The number of aromatic nitrogens is 1. The standard InChI is InChI=1S/C22H29N3O3/c1-14-20(17(4)26)15(2)23-21(14)22(27)16(3)24-9-11-25(12-10-24)18-7-6-8-19(13-18)28-5/h6-8,13,16,23H,9-12H2,1-5H3/t16-/m0/s1. The van der Waals surface area contributed by atoms with E-state index in [1.807, 2.05) is 39.0 Å². The minimum Gasteiger partial charge on any atom is -0.497 e. The molecule has 150 valence electrons. The van der Waals surface area contributed by atoms with Gasteiger partial charge in [0, 0.05) is 49.2 Å². The molecular weight excluding hydrogens is 354 g/mol. The predicted molar refractivity (Wildman–Crippen MR) is 111 cm³/mol. The van der Waals surface area contributed by atoms with Crippen LogP contribution >= 0.6 is 0 Å². The van der Waals surface area contributed by atoms with Crippen molar-refractivity contribution in [2.45, 2.75) is 33.7 Å². The molecule has 1 aromatic carbocycles. The number of nitrogens with zero attached hydrogens (tertiary/aromatic N) is 2. The highest BCUT2D eigenvalue weighted by Crippen LogP contribution is 2.24. The number of hydrogen-bond acceptors (Lipinski definition) is 5. The van der Waals surface area contributed by atoms with Gasteiger partial charge < -0.3 is 14.6 Å². The first-order valence-electron chi connectivity index (χ1n) is 9.70. The lowest BCUT2D eigenvalue weighted by Gasteiger charge is -2.38. The van der Waals surface area contributed by atoms with Crippen LogP contribution in [0.15, 0.2) is 24.3 Å². The van der Waals surface area contributed by atoms with Crippen molar-refractivity contribution in [1.29, 1.82) is 0 Å². The highest BCUT2D eigenvalue weighted by atomic mass is 16.5. The smallest absolute Gasteiger partial charge is 0.196 e. The van der Waals surface area contributed by atoms with Crippen LogP contribution in [0, 0.1) is 13.8 Å². The Labute approximate surface area is 166 Å². The van der Waals surface area contributed by atoms with E-state index in [-0.39, 0.29) is 17.6 Å². The van der Waals surface area contributed by atoms with E-state index in [4.69, 9.17) is 4.74 Å². The van der Waals surface area contributed by atoms with Gasteiger partial charge in [-0.2, -0.15) is 0 Å². The van der Waals surface area contributed by atoms with Crippen molar-refractivity contribution in [2.24, 2.45) is 0 Å². The third kappa shape index (κ3) is 3.83. The largest absolute Gasteiger partial charge is 0.497 e. The van der Waals surface area contributed by atoms with Gasteiger partial charge in [0.15, 0.2) is 11.6 Å². The first-order chi connectivity index (χ1) is 13.3. The number of piperazine rings is 1. The minimum atomic E-state index is -0.232. The number of benzene rings is 1. The van der Waals surface area contributed by atoms with Crippen LogP contribution in [-0.2, 0) is 0 Å². The summed E-state index contributed by atoms with van der Waals surface area (Å²) in [7, 11) is 1.67. The lowest BCUT2D eigenvalue weighted by Crippen LogP contribution is -2.51. The van der Waals surface area contributed by atoms with Crippen molar-refractivity contribution < 1.29 is 14.3 Å². The second-order valence-electron chi connectivity index (χ2n) is 7.45. The van der Waals surface area contributed by atoms with E-state index in [2.05, 4.69) is 20.9 Å². The number of H-pyrrole nitrogens is 1. The molecule has 1 N–H and O–H groups in total. The topological polar surface area (TPSA) is 65.6 Å². The minimum absolute atomic E-state index is 0.00939. The molecule has 0 saturated carbocycles. The van der Waals surface area contributed by atoms with Gasteiger partial charge in [-0.15, -0.1) is 0 Å². The van der Waals surface area contributed by atoms with Gasteiger partial charge in [-0.25, -0.2) is 0 Å². The van der Waals surface area contributed by atoms with Crippen LogP contribution in [-0.4, -0.2) is 60.8 Å². The fraction of sp³-hybridized carbons (Fsp3) is 0.455. The van der Waals surface area contributed by atoms with Crippen LogP contribution in [0.3, 0.4) is 0 Å². The Kier molecular flexibility index (Phi) is 5.89. The molecule has 3 rings (SSSR count). The Morgan fingerprint density at radius 3 is 2.39 bits per heavy atom.